The molecule has 7 N–H and O–H groups in total. The van der Waals surface area contributed by atoms with Crippen LogP contribution in [0.25, 0.3) is 26.4 Å². The van der Waals surface area contributed by atoms with Gasteiger partial charge in [0.15, 0.2) is 18.9 Å². The van der Waals surface area contributed by atoms with Crippen LogP contribution in [0.2, 0.25) is 0 Å². The van der Waals surface area contributed by atoms with Crippen LogP contribution in [0.15, 0.2) is 5.11 Å². The van der Waals surface area contributed by atoms with E-state index in [1.54, 1.807) is 41.5 Å². The molecule has 3 fully saturated rings. The van der Waals surface area contributed by atoms with E-state index in [2.05, 4.69) is 10.0 Å². The van der Waals surface area contributed by atoms with Gasteiger partial charge in [-0.3, -0.25) is 4.91 Å². The minimum Gasteiger partial charge on any atom is -0.394 e. The van der Waals surface area contributed by atoms with Crippen LogP contribution in [0.5, 0.6) is 0 Å². The molecule has 3 aliphatic heterocycles. The van der Waals surface area contributed by atoms with Gasteiger partial charge in [-0.05, 0) is 95.0 Å². The van der Waals surface area contributed by atoms with Gasteiger partial charge in [0.2, 0.25) is 0 Å². The first-order valence-electron chi connectivity index (χ1n) is 20.1. The van der Waals surface area contributed by atoms with Gasteiger partial charge in [0, 0.05) is 4.91 Å². The molecule has 23 heteroatoms. The van der Waals surface area contributed by atoms with Crippen LogP contribution in [-0.4, -0.2) is 178 Å². The molecule has 0 aromatic rings. The van der Waals surface area contributed by atoms with E-state index >= 15 is 0 Å². The number of aliphatic hydroxyl groups excluding tert-OH is 7. The molecule has 0 radical (unpaired) electrons. The van der Waals surface area contributed by atoms with Crippen molar-refractivity contribution in [3.05, 3.63) is 26.4 Å². The molecule has 15 atom stereocenters. The summed E-state index contributed by atoms with van der Waals surface area (Å²) in [6.07, 6.45) is -13.3. The van der Waals surface area contributed by atoms with Crippen LogP contribution in [0.4, 0.5) is 0 Å². The van der Waals surface area contributed by atoms with E-state index in [1.807, 2.05) is 48.5 Å². The smallest absolute Gasteiger partial charge is 0.394 e. The molecule has 3 rings (SSSR count). The number of hydrogen-bond acceptors (Lipinski definition) is 17. The van der Waals surface area contributed by atoms with E-state index in [1.165, 1.54) is 4.91 Å². The van der Waals surface area contributed by atoms with Crippen LogP contribution in [0.1, 0.15) is 96.4 Å². The van der Waals surface area contributed by atoms with E-state index in [4.69, 9.17) is 59.2 Å². The van der Waals surface area contributed by atoms with Crippen LogP contribution >= 0.6 is 0 Å². The van der Waals surface area contributed by atoms with Crippen LogP contribution in [-0.2, 0) is 42.6 Å². The van der Waals surface area contributed by atoms with Crippen molar-refractivity contribution in [3.63, 3.8) is 0 Å². The molecule has 348 valence electrons. The molecule has 22 nitrogen and oxygen atoms in total. The van der Waals surface area contributed by atoms with Gasteiger partial charge in [0.1, 0.15) is 61.0 Å². The third-order valence-electron chi connectivity index (χ3n) is 8.34. The standard InChI is InChI=1S/C13H26O5.C12H23N3O5.C12H24O6.N3.Na/c1-6-9-12(16-7(2)3)10(14)11(15)13(18-9)17-8(4)5;1-6(2)18-11-8(5-14-15-13)20-12(19-7(3)4)10(17)9(11)16;1-6(2)16-11-8(5-13)18-12(17-7(3)4)10(15)9(11)14;1-3-2;/h7-15H,6H2,1-5H3;6-12,16-17H,5H2,1-4H3;6-15H,5H2,1-4H3;;/q;;;-1;+1. The Balaban J connectivity index is 0. The normalized spacial score (nSPS) is 34.1. The van der Waals surface area contributed by atoms with Gasteiger partial charge in [-0.25, -0.2) is 0 Å². The summed E-state index contributed by atoms with van der Waals surface area (Å²) in [5.41, 5.74) is 21.9. The number of nitrogens with zero attached hydrogens (tertiary/aromatic N) is 6. The fraction of sp³-hybridized carbons (Fsp3) is 1.00. The zero-order valence-corrected chi connectivity index (χ0v) is 39.7. The second kappa shape index (κ2) is 31.8. The van der Waals surface area contributed by atoms with E-state index in [0.717, 1.165) is 0 Å². The molecular formula is C37H73N6NaO16. The molecule has 0 amide bonds. The Morgan fingerprint density at radius 1 is 0.483 bits per heavy atom. The maximum Gasteiger partial charge on any atom is 1.00 e. The van der Waals surface area contributed by atoms with Gasteiger partial charge in [-0.1, -0.05) is 12.0 Å². The van der Waals surface area contributed by atoms with E-state index in [9.17, 15) is 35.7 Å². The summed E-state index contributed by atoms with van der Waals surface area (Å²) < 4.78 is 49.6. The van der Waals surface area contributed by atoms with Crippen LogP contribution in [0, 0.1) is 0 Å². The van der Waals surface area contributed by atoms with E-state index in [0.29, 0.717) is 6.42 Å². The van der Waals surface area contributed by atoms with Gasteiger partial charge in [0.05, 0.1) is 62.0 Å². The molecule has 0 aromatic heterocycles. The predicted molar refractivity (Wildman–Crippen MR) is 212 cm³/mol. The summed E-state index contributed by atoms with van der Waals surface area (Å²) in [4.78, 5) is 4.18. The van der Waals surface area contributed by atoms with Crippen molar-refractivity contribution >= 4 is 0 Å². The topological polar surface area (TPSA) is 332 Å². The molecule has 60 heavy (non-hydrogen) atoms. The monoisotopic (exact) mass is 880 g/mol. The van der Waals surface area contributed by atoms with Crippen molar-refractivity contribution in [2.45, 2.75) is 225 Å². The molecule has 15 unspecified atom stereocenters. The minimum absolute atomic E-state index is 0. The molecular weight excluding hydrogens is 807 g/mol. The predicted octanol–water partition coefficient (Wildman–Crippen LogP) is -0.462. The summed E-state index contributed by atoms with van der Waals surface area (Å²) in [6, 6.07) is 0. The SMILES string of the molecule is CC(C)OC1OC(CN=[N+]=[N-])C(OC(C)C)C(O)C1O.CC(C)OC1OC(CO)C(OC(C)C)C(O)C1O.CCC1OC(OC(C)C)C(O)C(O)C1OC(C)C.[N-]=[N+]=[N-].[Na+]. The Morgan fingerprint density at radius 2 is 0.750 bits per heavy atom. The van der Waals surface area contributed by atoms with Gasteiger partial charge in [0.25, 0.3) is 0 Å². The summed E-state index contributed by atoms with van der Waals surface area (Å²) in [6.45, 7) is 23.6. The Labute approximate surface area is 376 Å². The van der Waals surface area contributed by atoms with Gasteiger partial charge in [-0.2, -0.15) is 0 Å². The van der Waals surface area contributed by atoms with Gasteiger partial charge in [-0.15, -0.1) is 0 Å². The molecule has 0 bridgehead atoms. The third kappa shape index (κ3) is 21.6. The van der Waals surface area contributed by atoms with Crippen molar-refractivity contribution in [1.82, 2.24) is 0 Å². The summed E-state index contributed by atoms with van der Waals surface area (Å²) in [5.74, 6) is 0. The molecule has 3 aliphatic rings. The number of azide groups is 1. The number of rotatable bonds is 16. The van der Waals surface area contributed by atoms with E-state index < -0.39 is 86.0 Å². The van der Waals surface area contributed by atoms with Gasteiger partial charge < -0.3 is 89.4 Å². The molecule has 0 aliphatic carbocycles. The molecule has 0 saturated carbocycles. The minimum atomic E-state index is -1.22. The summed E-state index contributed by atoms with van der Waals surface area (Å²) in [5, 5.41) is 73.0. The fourth-order valence-electron chi connectivity index (χ4n) is 6.05. The maximum atomic E-state index is 10.2. The quantitative estimate of drug-likeness (QED) is 0.0446. The number of hydrogen-bond donors (Lipinski definition) is 7. The molecule has 0 aromatic carbocycles. The van der Waals surface area contributed by atoms with Crippen LogP contribution < -0.4 is 29.6 Å². The van der Waals surface area contributed by atoms with Crippen molar-refractivity contribution in [2.75, 3.05) is 13.2 Å². The summed E-state index contributed by atoms with van der Waals surface area (Å²) in [7, 11) is 0. The largest absolute Gasteiger partial charge is 1.00 e. The average molecular weight is 881 g/mol. The Morgan fingerprint density at radius 3 is 1.02 bits per heavy atom. The number of aliphatic hydroxyl groups is 7. The Hall–Kier alpha value is -1.02. The first kappa shape index (κ1) is 61.1. The first-order chi connectivity index (χ1) is 27.5. The number of ether oxygens (including phenoxy) is 9. The third-order valence-corrected chi connectivity index (χ3v) is 8.34. The van der Waals surface area contributed by atoms with E-state index in [-0.39, 0.29) is 85.4 Å². The Kier molecular flexibility index (Phi) is 32.3. The van der Waals surface area contributed by atoms with Crippen molar-refractivity contribution in [2.24, 2.45) is 5.11 Å². The average Bonchev–Trinajstić information content (AvgIpc) is 3.13. The summed E-state index contributed by atoms with van der Waals surface area (Å²) >= 11 is 0. The zero-order valence-electron chi connectivity index (χ0n) is 37.7. The first-order valence-corrected chi connectivity index (χ1v) is 20.1. The van der Waals surface area contributed by atoms with Crippen LogP contribution in [0.3, 0.4) is 0 Å². The zero-order chi connectivity index (χ0) is 45.7. The van der Waals surface area contributed by atoms with Crippen molar-refractivity contribution < 1.29 is 108 Å². The maximum absolute atomic E-state index is 10.2. The van der Waals surface area contributed by atoms with Gasteiger partial charge >= 0.3 is 29.6 Å². The molecule has 3 heterocycles. The van der Waals surface area contributed by atoms with Crippen molar-refractivity contribution in [1.29, 1.82) is 0 Å². The Bertz CT molecular complexity index is 1150. The second-order valence-electron chi connectivity index (χ2n) is 15.7. The van der Waals surface area contributed by atoms with Crippen molar-refractivity contribution in [3.8, 4) is 0 Å². The second-order valence-corrected chi connectivity index (χ2v) is 15.7. The fourth-order valence-corrected chi connectivity index (χ4v) is 6.05. The molecule has 0 spiro atoms. The molecule has 3 saturated heterocycles.